The second-order valence-electron chi connectivity index (χ2n) is 5.85. The summed E-state index contributed by atoms with van der Waals surface area (Å²) in [5, 5.41) is 0.533. The summed E-state index contributed by atoms with van der Waals surface area (Å²) in [5.74, 6) is -0.389. The van der Waals surface area contributed by atoms with E-state index >= 15 is 0 Å². The number of halogens is 1. The van der Waals surface area contributed by atoms with Crippen LogP contribution in [0.5, 0.6) is 0 Å². The highest BCUT2D eigenvalue weighted by molar-refractivity contribution is 7.16. The maximum Gasteiger partial charge on any atom is 0.315 e. The molecule has 0 fully saturated rings. The van der Waals surface area contributed by atoms with Crippen molar-refractivity contribution in [3.63, 3.8) is 0 Å². The molecule has 2 aromatic carbocycles. The molecule has 0 N–H and O–H groups in total. The van der Waals surface area contributed by atoms with Crippen molar-refractivity contribution >= 4 is 45.1 Å². The summed E-state index contributed by atoms with van der Waals surface area (Å²) in [6.07, 6.45) is 6.62. The van der Waals surface area contributed by atoms with Crippen molar-refractivity contribution in [2.45, 2.75) is 0 Å². The van der Waals surface area contributed by atoms with Gasteiger partial charge in [-0.05, 0) is 47.5 Å². The fourth-order valence-electron chi connectivity index (χ4n) is 2.80. The number of benzene rings is 2. The van der Waals surface area contributed by atoms with Gasteiger partial charge in [-0.2, -0.15) is 0 Å². The third-order valence-corrected chi connectivity index (χ3v) is 5.20. The van der Waals surface area contributed by atoms with E-state index in [1.54, 1.807) is 36.7 Å². The third kappa shape index (κ3) is 3.60. The molecule has 0 aliphatic carbocycles. The molecule has 132 valence electrons. The van der Waals surface area contributed by atoms with Crippen molar-refractivity contribution in [1.82, 2.24) is 9.55 Å². The fourth-order valence-corrected chi connectivity index (χ4v) is 3.95. The zero-order valence-corrected chi connectivity index (χ0v) is 15.6. The molecule has 0 aliphatic rings. The Kier molecular flexibility index (Phi) is 4.71. The minimum absolute atomic E-state index is 0.328. The SMILES string of the molecule is O=C(/C=C/c1cccc(-c2cccnc2)c1)n1c(=O)sc2cc(Cl)ccc21. The minimum Gasteiger partial charge on any atom is -0.269 e. The molecule has 2 aromatic heterocycles. The lowest BCUT2D eigenvalue weighted by atomic mass is 10.0. The summed E-state index contributed by atoms with van der Waals surface area (Å²) in [5.41, 5.74) is 3.43. The maximum atomic E-state index is 12.6. The smallest absolute Gasteiger partial charge is 0.269 e. The molecule has 0 unspecified atom stereocenters. The Bertz CT molecular complexity index is 1230. The summed E-state index contributed by atoms with van der Waals surface area (Å²) in [6.45, 7) is 0. The molecule has 0 radical (unpaired) electrons. The van der Waals surface area contributed by atoms with Crippen molar-refractivity contribution < 1.29 is 4.79 Å². The number of carbonyl (C=O) groups excluding carboxylic acids is 1. The number of carbonyl (C=O) groups is 1. The topological polar surface area (TPSA) is 52.0 Å². The highest BCUT2D eigenvalue weighted by Gasteiger charge is 2.12. The molecule has 0 saturated heterocycles. The molecule has 0 saturated carbocycles. The minimum atomic E-state index is -0.389. The summed E-state index contributed by atoms with van der Waals surface area (Å²) >= 11 is 6.96. The Hall–Kier alpha value is -3.02. The van der Waals surface area contributed by atoms with Gasteiger partial charge in [0.25, 0.3) is 5.91 Å². The average Bonchev–Trinajstić information content (AvgIpc) is 3.02. The number of pyridine rings is 1. The van der Waals surface area contributed by atoms with Crippen LogP contribution >= 0.6 is 22.9 Å². The van der Waals surface area contributed by atoms with Crippen molar-refractivity contribution in [2.24, 2.45) is 0 Å². The first-order valence-corrected chi connectivity index (χ1v) is 9.35. The molecule has 4 aromatic rings. The zero-order valence-electron chi connectivity index (χ0n) is 14.0. The Morgan fingerprint density at radius 3 is 2.74 bits per heavy atom. The third-order valence-electron chi connectivity index (χ3n) is 4.06. The van der Waals surface area contributed by atoms with E-state index in [9.17, 15) is 9.59 Å². The highest BCUT2D eigenvalue weighted by atomic mass is 35.5. The quantitative estimate of drug-likeness (QED) is 0.454. The van der Waals surface area contributed by atoms with Crippen LogP contribution in [0.15, 0.2) is 77.9 Å². The van der Waals surface area contributed by atoms with E-state index < -0.39 is 0 Å². The lowest BCUT2D eigenvalue weighted by Crippen LogP contribution is -2.19. The van der Waals surface area contributed by atoms with Crippen LogP contribution < -0.4 is 4.87 Å². The van der Waals surface area contributed by atoms with Gasteiger partial charge in [0.15, 0.2) is 0 Å². The second-order valence-corrected chi connectivity index (χ2v) is 7.28. The van der Waals surface area contributed by atoms with Gasteiger partial charge < -0.3 is 0 Å². The van der Waals surface area contributed by atoms with E-state index in [1.165, 1.54) is 6.08 Å². The number of fused-ring (bicyclic) bond motifs is 1. The standard InChI is InChI=1S/C21H13ClN2O2S/c22-17-7-8-18-19(12-17)27-21(26)24(18)20(25)9-6-14-3-1-4-15(11-14)16-5-2-10-23-13-16/h1-13H/b9-6+. The van der Waals surface area contributed by atoms with E-state index in [-0.39, 0.29) is 10.8 Å². The molecule has 0 spiro atoms. The molecule has 0 atom stereocenters. The van der Waals surface area contributed by atoms with Gasteiger partial charge >= 0.3 is 4.87 Å². The highest BCUT2D eigenvalue weighted by Crippen LogP contribution is 2.22. The Labute approximate surface area is 164 Å². The van der Waals surface area contributed by atoms with Gasteiger partial charge in [0, 0.05) is 29.1 Å². The number of hydrogen-bond donors (Lipinski definition) is 0. The molecular formula is C21H13ClN2O2S. The van der Waals surface area contributed by atoms with Crippen LogP contribution in [0, 0.1) is 0 Å². The van der Waals surface area contributed by atoms with Crippen LogP contribution in [-0.2, 0) is 0 Å². The van der Waals surface area contributed by atoms with Crippen LogP contribution in [0.25, 0.3) is 27.4 Å². The molecule has 27 heavy (non-hydrogen) atoms. The van der Waals surface area contributed by atoms with Crippen LogP contribution in [0.3, 0.4) is 0 Å². The first kappa shape index (κ1) is 17.4. The lowest BCUT2D eigenvalue weighted by molar-refractivity contribution is 0.0972. The molecule has 2 heterocycles. The van der Waals surface area contributed by atoms with Gasteiger partial charge in [-0.15, -0.1) is 0 Å². The zero-order chi connectivity index (χ0) is 18.8. The number of allylic oxidation sites excluding steroid dienone is 1. The Morgan fingerprint density at radius 2 is 1.93 bits per heavy atom. The normalized spacial score (nSPS) is 11.3. The summed E-state index contributed by atoms with van der Waals surface area (Å²) in [6, 6.07) is 16.7. The van der Waals surface area contributed by atoms with E-state index in [1.807, 2.05) is 36.4 Å². The molecular weight excluding hydrogens is 380 g/mol. The van der Waals surface area contributed by atoms with Crippen LogP contribution in [-0.4, -0.2) is 15.5 Å². The van der Waals surface area contributed by atoms with Crippen LogP contribution in [0.1, 0.15) is 10.4 Å². The van der Waals surface area contributed by atoms with E-state index in [0.29, 0.717) is 15.2 Å². The summed E-state index contributed by atoms with van der Waals surface area (Å²) in [4.78, 5) is 28.6. The van der Waals surface area contributed by atoms with Crippen LogP contribution in [0.2, 0.25) is 5.02 Å². The van der Waals surface area contributed by atoms with E-state index in [4.69, 9.17) is 11.6 Å². The van der Waals surface area contributed by atoms with Gasteiger partial charge in [-0.1, -0.05) is 47.2 Å². The fraction of sp³-hybridized carbons (Fsp3) is 0. The molecule has 6 heteroatoms. The van der Waals surface area contributed by atoms with Gasteiger partial charge in [-0.25, -0.2) is 4.57 Å². The largest absolute Gasteiger partial charge is 0.315 e. The van der Waals surface area contributed by atoms with Crippen molar-refractivity contribution in [3.8, 4) is 11.1 Å². The van der Waals surface area contributed by atoms with E-state index in [2.05, 4.69) is 4.98 Å². The number of thiazole rings is 1. The van der Waals surface area contributed by atoms with Gasteiger partial charge in [0.05, 0.1) is 10.2 Å². The number of aromatic nitrogens is 2. The van der Waals surface area contributed by atoms with Gasteiger partial charge in [0.1, 0.15) is 0 Å². The molecule has 0 aliphatic heterocycles. The van der Waals surface area contributed by atoms with Crippen molar-refractivity contribution in [3.05, 3.63) is 93.3 Å². The van der Waals surface area contributed by atoms with Crippen molar-refractivity contribution in [2.75, 3.05) is 0 Å². The monoisotopic (exact) mass is 392 g/mol. The van der Waals surface area contributed by atoms with Crippen LogP contribution in [0.4, 0.5) is 0 Å². The molecule has 4 nitrogen and oxygen atoms in total. The Morgan fingerprint density at radius 1 is 1.07 bits per heavy atom. The predicted octanol–water partition coefficient (Wildman–Crippen LogP) is 5.13. The summed E-state index contributed by atoms with van der Waals surface area (Å²) < 4.78 is 1.85. The summed E-state index contributed by atoms with van der Waals surface area (Å²) in [7, 11) is 0. The first-order valence-electron chi connectivity index (χ1n) is 8.16. The number of hydrogen-bond acceptors (Lipinski definition) is 4. The average molecular weight is 393 g/mol. The molecule has 0 bridgehead atoms. The van der Waals surface area contributed by atoms with Crippen molar-refractivity contribution in [1.29, 1.82) is 0 Å². The Balaban J connectivity index is 1.65. The first-order chi connectivity index (χ1) is 13.1. The number of nitrogens with zero attached hydrogens (tertiary/aromatic N) is 2. The predicted molar refractivity (Wildman–Crippen MR) is 110 cm³/mol. The maximum absolute atomic E-state index is 12.6. The molecule has 4 rings (SSSR count). The number of rotatable bonds is 3. The lowest BCUT2D eigenvalue weighted by Gasteiger charge is -2.02. The second kappa shape index (κ2) is 7.31. The van der Waals surface area contributed by atoms with E-state index in [0.717, 1.165) is 32.6 Å². The molecule has 0 amide bonds. The van der Waals surface area contributed by atoms with Gasteiger partial charge in [-0.3, -0.25) is 14.6 Å². The van der Waals surface area contributed by atoms with Gasteiger partial charge in [0.2, 0.25) is 0 Å².